The van der Waals surface area contributed by atoms with Gasteiger partial charge in [-0.3, -0.25) is 4.79 Å². The molecule has 3 aromatic rings. The van der Waals surface area contributed by atoms with E-state index in [1.165, 1.54) is 16.3 Å². The number of hydrogen-bond donors (Lipinski definition) is 1. The lowest BCUT2D eigenvalue weighted by atomic mass is 10.00. The van der Waals surface area contributed by atoms with Crippen LogP contribution in [0.2, 0.25) is 0 Å². The molecule has 2 atom stereocenters. The van der Waals surface area contributed by atoms with Crippen molar-refractivity contribution in [3.8, 4) is 0 Å². The number of benzene rings is 2. The van der Waals surface area contributed by atoms with E-state index < -0.39 is 0 Å². The molecule has 23 heavy (non-hydrogen) atoms. The van der Waals surface area contributed by atoms with Gasteiger partial charge in [-0.2, -0.15) is 0 Å². The zero-order valence-corrected chi connectivity index (χ0v) is 13.2. The normalized spacial score (nSPS) is 19.7. The fourth-order valence-electron chi connectivity index (χ4n) is 3.28. The fraction of sp³-hybridized carbons (Fsp3) is 0.263. The number of aryl methyl sites for hydroxylation is 2. The van der Waals surface area contributed by atoms with Crippen LogP contribution in [-0.4, -0.2) is 11.1 Å². The molecule has 0 unspecified atom stereocenters. The summed E-state index contributed by atoms with van der Waals surface area (Å²) in [5.74, 6) is 1.02. The number of hydrogen-bond acceptors (Lipinski definition) is 3. The van der Waals surface area contributed by atoms with Gasteiger partial charge in [-0.05, 0) is 42.5 Å². The zero-order valence-electron chi connectivity index (χ0n) is 13.2. The summed E-state index contributed by atoms with van der Waals surface area (Å²) in [7, 11) is 0. The van der Waals surface area contributed by atoms with Crippen LogP contribution in [-0.2, 0) is 4.79 Å². The van der Waals surface area contributed by atoms with E-state index in [1.807, 2.05) is 26.0 Å². The van der Waals surface area contributed by atoms with Crippen LogP contribution in [0.3, 0.4) is 0 Å². The standard InChI is InChI=1S/C19H18N2O2/c1-11-18(12(2)23-21-11)20-19(22)17-10-16(17)15-9-5-7-13-6-3-4-8-14(13)15/h3-9,16-17H,10H2,1-2H3,(H,20,22)/t16-,17+/m0/s1. The molecule has 1 N–H and O–H groups in total. The van der Waals surface area contributed by atoms with E-state index in [0.29, 0.717) is 17.4 Å². The van der Waals surface area contributed by atoms with Crippen LogP contribution in [0.1, 0.15) is 29.4 Å². The zero-order chi connectivity index (χ0) is 16.0. The van der Waals surface area contributed by atoms with Gasteiger partial charge in [0, 0.05) is 5.92 Å². The molecule has 1 aliphatic rings. The van der Waals surface area contributed by atoms with Crippen LogP contribution < -0.4 is 5.32 Å². The quantitative estimate of drug-likeness (QED) is 0.789. The van der Waals surface area contributed by atoms with Crippen LogP contribution in [0.5, 0.6) is 0 Å². The highest BCUT2D eigenvalue weighted by molar-refractivity contribution is 5.97. The number of amides is 1. The van der Waals surface area contributed by atoms with E-state index in [4.69, 9.17) is 4.52 Å². The average molecular weight is 306 g/mol. The van der Waals surface area contributed by atoms with Gasteiger partial charge in [-0.25, -0.2) is 0 Å². The van der Waals surface area contributed by atoms with Crippen LogP contribution >= 0.6 is 0 Å². The molecule has 1 aliphatic carbocycles. The van der Waals surface area contributed by atoms with E-state index >= 15 is 0 Å². The maximum atomic E-state index is 12.5. The maximum absolute atomic E-state index is 12.5. The maximum Gasteiger partial charge on any atom is 0.228 e. The molecule has 4 rings (SSSR count). The number of rotatable bonds is 3. The van der Waals surface area contributed by atoms with Gasteiger partial charge in [0.15, 0.2) is 5.76 Å². The Bertz CT molecular complexity index is 873. The predicted molar refractivity (Wildman–Crippen MR) is 89.4 cm³/mol. The minimum Gasteiger partial charge on any atom is -0.359 e. The summed E-state index contributed by atoms with van der Waals surface area (Å²) >= 11 is 0. The Morgan fingerprint density at radius 2 is 1.96 bits per heavy atom. The Labute approximate surface area is 134 Å². The Kier molecular flexibility index (Phi) is 3.18. The van der Waals surface area contributed by atoms with Crippen LogP contribution in [0.4, 0.5) is 5.69 Å². The highest BCUT2D eigenvalue weighted by Crippen LogP contribution is 2.50. The van der Waals surface area contributed by atoms with Gasteiger partial charge in [0.2, 0.25) is 5.91 Å². The topological polar surface area (TPSA) is 55.1 Å². The summed E-state index contributed by atoms with van der Waals surface area (Å²) in [6, 6.07) is 14.6. The van der Waals surface area contributed by atoms with Gasteiger partial charge in [-0.1, -0.05) is 47.6 Å². The third-order valence-corrected chi connectivity index (χ3v) is 4.63. The van der Waals surface area contributed by atoms with E-state index in [-0.39, 0.29) is 11.8 Å². The monoisotopic (exact) mass is 306 g/mol. The van der Waals surface area contributed by atoms with Gasteiger partial charge < -0.3 is 9.84 Å². The summed E-state index contributed by atoms with van der Waals surface area (Å²) in [6.45, 7) is 3.64. The first-order valence-electron chi connectivity index (χ1n) is 7.86. The molecule has 1 saturated carbocycles. The molecule has 1 amide bonds. The Morgan fingerprint density at radius 1 is 1.17 bits per heavy atom. The molecule has 1 heterocycles. The first kappa shape index (κ1) is 14.0. The third kappa shape index (κ3) is 2.40. The van der Waals surface area contributed by atoms with Crippen molar-refractivity contribution in [2.24, 2.45) is 5.92 Å². The SMILES string of the molecule is Cc1noc(C)c1NC(=O)[C@@H]1C[C@H]1c1cccc2ccccc12. The van der Waals surface area contributed by atoms with E-state index in [9.17, 15) is 4.79 Å². The smallest absolute Gasteiger partial charge is 0.228 e. The Balaban J connectivity index is 1.56. The van der Waals surface area contributed by atoms with Crippen LogP contribution in [0.25, 0.3) is 10.8 Å². The van der Waals surface area contributed by atoms with Crippen molar-refractivity contribution in [1.82, 2.24) is 5.16 Å². The molecule has 0 spiro atoms. The lowest BCUT2D eigenvalue weighted by Gasteiger charge is -2.07. The minimum absolute atomic E-state index is 0.0227. The summed E-state index contributed by atoms with van der Waals surface area (Å²) in [6.07, 6.45) is 0.892. The summed E-state index contributed by atoms with van der Waals surface area (Å²) in [5, 5.41) is 9.32. The molecular formula is C19H18N2O2. The fourth-order valence-corrected chi connectivity index (χ4v) is 3.28. The largest absolute Gasteiger partial charge is 0.359 e. The summed E-state index contributed by atoms with van der Waals surface area (Å²) in [4.78, 5) is 12.5. The van der Waals surface area contributed by atoms with Gasteiger partial charge in [0.1, 0.15) is 11.4 Å². The molecule has 0 bridgehead atoms. The predicted octanol–water partition coefficient (Wildman–Crippen LogP) is 4.19. The number of carbonyl (C=O) groups is 1. The van der Waals surface area contributed by atoms with Crippen molar-refractivity contribution < 1.29 is 9.32 Å². The third-order valence-electron chi connectivity index (χ3n) is 4.63. The Morgan fingerprint density at radius 3 is 2.74 bits per heavy atom. The van der Waals surface area contributed by atoms with Gasteiger partial charge in [0.05, 0.1) is 0 Å². The van der Waals surface area contributed by atoms with Crippen molar-refractivity contribution in [1.29, 1.82) is 0 Å². The molecular weight excluding hydrogens is 288 g/mol. The first-order valence-corrected chi connectivity index (χ1v) is 7.86. The number of carbonyl (C=O) groups excluding carboxylic acids is 1. The van der Waals surface area contributed by atoms with E-state index in [0.717, 1.165) is 12.1 Å². The van der Waals surface area contributed by atoms with Gasteiger partial charge in [-0.15, -0.1) is 0 Å². The molecule has 0 aliphatic heterocycles. The molecule has 0 radical (unpaired) electrons. The van der Waals surface area contributed by atoms with E-state index in [2.05, 4.69) is 40.8 Å². The Hall–Kier alpha value is -2.62. The number of aromatic nitrogens is 1. The minimum atomic E-state index is 0.0227. The first-order chi connectivity index (χ1) is 11.1. The lowest BCUT2D eigenvalue weighted by molar-refractivity contribution is -0.117. The summed E-state index contributed by atoms with van der Waals surface area (Å²) in [5.41, 5.74) is 2.69. The molecule has 1 fully saturated rings. The van der Waals surface area contributed by atoms with Crippen LogP contribution in [0.15, 0.2) is 47.0 Å². The van der Waals surface area contributed by atoms with E-state index in [1.54, 1.807) is 0 Å². The van der Waals surface area contributed by atoms with Crippen molar-refractivity contribution in [2.75, 3.05) is 5.32 Å². The second-order valence-electron chi connectivity index (χ2n) is 6.21. The molecule has 4 heteroatoms. The highest BCUT2D eigenvalue weighted by Gasteiger charge is 2.44. The second kappa shape index (κ2) is 5.23. The van der Waals surface area contributed by atoms with Crippen LogP contribution in [0, 0.1) is 19.8 Å². The molecule has 116 valence electrons. The van der Waals surface area contributed by atoms with Gasteiger partial charge in [0.25, 0.3) is 0 Å². The number of fused-ring (bicyclic) bond motifs is 1. The molecule has 0 saturated heterocycles. The number of anilines is 1. The second-order valence-corrected chi connectivity index (χ2v) is 6.21. The molecule has 1 aromatic heterocycles. The lowest BCUT2D eigenvalue weighted by Crippen LogP contribution is -2.15. The van der Waals surface area contributed by atoms with Crippen molar-refractivity contribution >= 4 is 22.4 Å². The number of nitrogens with one attached hydrogen (secondary N) is 1. The highest BCUT2D eigenvalue weighted by atomic mass is 16.5. The number of nitrogens with zero attached hydrogens (tertiary/aromatic N) is 1. The van der Waals surface area contributed by atoms with Crippen molar-refractivity contribution in [3.05, 3.63) is 59.5 Å². The van der Waals surface area contributed by atoms with Gasteiger partial charge >= 0.3 is 0 Å². The molecule has 4 nitrogen and oxygen atoms in total. The average Bonchev–Trinajstić information content (AvgIpc) is 3.31. The van der Waals surface area contributed by atoms with Crippen molar-refractivity contribution in [3.63, 3.8) is 0 Å². The molecule has 2 aromatic carbocycles. The summed E-state index contributed by atoms with van der Waals surface area (Å²) < 4.78 is 5.10. The van der Waals surface area contributed by atoms with Crippen molar-refractivity contribution in [2.45, 2.75) is 26.2 Å².